The fraction of sp³-hybridized carbons (Fsp3) is 0.333. The van der Waals surface area contributed by atoms with Crippen LogP contribution in [0, 0.1) is 0 Å². The number of hydrogen-bond acceptors (Lipinski definition) is 5. The summed E-state index contributed by atoms with van der Waals surface area (Å²) in [7, 11) is 0. The number of carbonyl (C=O) groups excluding carboxylic acids is 1. The van der Waals surface area contributed by atoms with Crippen molar-refractivity contribution in [3.8, 4) is 0 Å². The third-order valence-corrected chi connectivity index (χ3v) is 5.67. The van der Waals surface area contributed by atoms with Gasteiger partial charge in [0.15, 0.2) is 0 Å². The number of anilines is 1. The van der Waals surface area contributed by atoms with E-state index in [0.29, 0.717) is 5.56 Å². The van der Waals surface area contributed by atoms with Gasteiger partial charge in [-0.3, -0.25) is 4.90 Å². The second-order valence-electron chi connectivity index (χ2n) is 8.57. The van der Waals surface area contributed by atoms with Gasteiger partial charge in [0.05, 0.1) is 6.10 Å². The van der Waals surface area contributed by atoms with Gasteiger partial charge < -0.3 is 9.64 Å². The predicted molar refractivity (Wildman–Crippen MR) is 135 cm³/mol. The van der Waals surface area contributed by atoms with Crippen LogP contribution in [0.2, 0.25) is 0 Å². The van der Waals surface area contributed by atoms with Crippen molar-refractivity contribution in [2.75, 3.05) is 31.1 Å². The lowest BCUT2D eigenvalue weighted by molar-refractivity contribution is 0.0378. The molecule has 0 amide bonds. The van der Waals surface area contributed by atoms with Gasteiger partial charge in [0.2, 0.25) is 0 Å². The first-order valence-electron chi connectivity index (χ1n) is 11.3. The summed E-state index contributed by atoms with van der Waals surface area (Å²) in [6, 6.07) is 23.1. The van der Waals surface area contributed by atoms with Crippen LogP contribution >= 0.6 is 12.4 Å². The van der Waals surface area contributed by atoms with Crippen molar-refractivity contribution in [1.29, 1.82) is 0 Å². The molecule has 1 aliphatic heterocycles. The van der Waals surface area contributed by atoms with Crippen LogP contribution in [0.4, 0.5) is 5.82 Å². The van der Waals surface area contributed by atoms with E-state index in [9.17, 15) is 4.79 Å². The number of benzene rings is 2. The van der Waals surface area contributed by atoms with E-state index >= 15 is 0 Å². The normalized spacial score (nSPS) is 14.1. The van der Waals surface area contributed by atoms with Crippen LogP contribution in [0.1, 0.15) is 40.9 Å². The number of piperazine rings is 1. The lowest BCUT2D eigenvalue weighted by Crippen LogP contribution is -2.46. The Hall–Kier alpha value is -2.89. The monoisotopic (exact) mass is 465 g/mol. The zero-order valence-corrected chi connectivity index (χ0v) is 20.1. The molecule has 5 nitrogen and oxygen atoms in total. The molecule has 2 aromatic carbocycles. The van der Waals surface area contributed by atoms with E-state index in [2.05, 4.69) is 69.4 Å². The summed E-state index contributed by atoms with van der Waals surface area (Å²) in [5.41, 5.74) is 4.56. The van der Waals surface area contributed by atoms with Gasteiger partial charge in [-0.25, -0.2) is 9.78 Å². The molecule has 33 heavy (non-hydrogen) atoms. The maximum absolute atomic E-state index is 12.5. The van der Waals surface area contributed by atoms with Gasteiger partial charge in [0.25, 0.3) is 0 Å². The lowest BCUT2D eigenvalue weighted by atomic mass is 10.0. The summed E-state index contributed by atoms with van der Waals surface area (Å²) < 4.78 is 5.41. The Labute approximate surface area is 202 Å². The summed E-state index contributed by atoms with van der Waals surface area (Å²) in [6.45, 7) is 8.19. The topological polar surface area (TPSA) is 45.7 Å². The quantitative estimate of drug-likeness (QED) is 0.460. The van der Waals surface area contributed by atoms with Crippen LogP contribution in [0.3, 0.4) is 0 Å². The number of carbonyl (C=O) groups is 1. The van der Waals surface area contributed by atoms with Crippen LogP contribution < -0.4 is 4.90 Å². The van der Waals surface area contributed by atoms with Crippen LogP contribution in [0.5, 0.6) is 0 Å². The molecule has 0 radical (unpaired) electrons. The maximum Gasteiger partial charge on any atom is 0.342 e. The van der Waals surface area contributed by atoms with Gasteiger partial charge in [-0.15, -0.1) is 12.4 Å². The van der Waals surface area contributed by atoms with Crippen LogP contribution in [0.25, 0.3) is 0 Å². The van der Waals surface area contributed by atoms with Crippen molar-refractivity contribution >= 4 is 24.2 Å². The number of esters is 1. The highest BCUT2D eigenvalue weighted by Crippen LogP contribution is 2.21. The largest absolute Gasteiger partial charge is 0.459 e. The molecule has 0 N–H and O–H groups in total. The molecule has 4 rings (SSSR count). The molecule has 1 saturated heterocycles. The number of aromatic nitrogens is 1. The predicted octanol–water partition coefficient (Wildman–Crippen LogP) is 4.98. The highest BCUT2D eigenvalue weighted by molar-refractivity contribution is 5.94. The van der Waals surface area contributed by atoms with E-state index in [1.54, 1.807) is 18.3 Å². The minimum Gasteiger partial charge on any atom is -0.459 e. The third-order valence-electron chi connectivity index (χ3n) is 5.67. The summed E-state index contributed by atoms with van der Waals surface area (Å²) in [5, 5.41) is 0. The molecule has 174 valence electrons. The Morgan fingerprint density at radius 3 is 2.33 bits per heavy atom. The number of ether oxygens (including phenoxy) is 1. The van der Waals surface area contributed by atoms with Crippen molar-refractivity contribution < 1.29 is 9.53 Å². The van der Waals surface area contributed by atoms with E-state index in [0.717, 1.165) is 45.0 Å². The number of pyridine rings is 1. The van der Waals surface area contributed by atoms with Gasteiger partial charge in [-0.2, -0.15) is 0 Å². The summed E-state index contributed by atoms with van der Waals surface area (Å²) in [5.74, 6) is 0.420. The Balaban J connectivity index is 0.00000306. The first kappa shape index (κ1) is 24.7. The van der Waals surface area contributed by atoms with Gasteiger partial charge in [0, 0.05) is 38.9 Å². The molecule has 0 spiro atoms. The minimum atomic E-state index is -0.305. The van der Waals surface area contributed by atoms with Crippen molar-refractivity contribution in [1.82, 2.24) is 9.88 Å². The number of nitrogens with zero attached hydrogens (tertiary/aromatic N) is 3. The van der Waals surface area contributed by atoms with E-state index in [-0.39, 0.29) is 24.5 Å². The molecule has 0 unspecified atom stereocenters. The molecule has 0 bridgehead atoms. The number of hydrogen-bond donors (Lipinski definition) is 0. The van der Waals surface area contributed by atoms with E-state index in [1.165, 1.54) is 16.7 Å². The smallest absolute Gasteiger partial charge is 0.342 e. The molecule has 3 aromatic rings. The van der Waals surface area contributed by atoms with Crippen molar-refractivity contribution in [2.24, 2.45) is 0 Å². The average molecular weight is 466 g/mol. The van der Waals surface area contributed by atoms with Crippen molar-refractivity contribution in [2.45, 2.75) is 32.9 Å². The summed E-state index contributed by atoms with van der Waals surface area (Å²) >= 11 is 0. The molecule has 1 fully saturated rings. The molecule has 6 heteroatoms. The molecule has 1 aromatic heterocycles. The fourth-order valence-corrected chi connectivity index (χ4v) is 4.13. The van der Waals surface area contributed by atoms with Crippen LogP contribution in [-0.4, -0.2) is 48.1 Å². The van der Waals surface area contributed by atoms with E-state index < -0.39 is 0 Å². The molecular weight excluding hydrogens is 434 g/mol. The molecule has 0 saturated carbocycles. The molecule has 1 aliphatic rings. The van der Waals surface area contributed by atoms with Crippen LogP contribution in [-0.2, 0) is 17.7 Å². The molecular formula is C27H32ClN3O2. The molecule has 2 heterocycles. The third kappa shape index (κ3) is 6.80. The SMILES string of the molecule is CC(C)OC(=O)c1cccnc1N1CCN(Cc2cccc(Cc3ccccc3)c2)CC1.Cl. The first-order chi connectivity index (χ1) is 15.6. The maximum atomic E-state index is 12.5. The standard InChI is InChI=1S/C27H31N3O2.ClH/c1-21(2)32-27(31)25-12-7-13-28-26(25)30-16-14-29(15-17-30)20-24-11-6-10-23(19-24)18-22-8-4-3-5-9-22;/h3-13,19,21H,14-18,20H2,1-2H3;1H. The van der Waals surface area contributed by atoms with Gasteiger partial charge in [-0.05, 0) is 49.1 Å². The Morgan fingerprint density at radius 2 is 1.61 bits per heavy atom. The average Bonchev–Trinajstić information content (AvgIpc) is 2.80. The number of halogens is 1. The highest BCUT2D eigenvalue weighted by Gasteiger charge is 2.23. The van der Waals surface area contributed by atoms with E-state index in [4.69, 9.17) is 4.74 Å². The summed E-state index contributed by atoms with van der Waals surface area (Å²) in [6.07, 6.45) is 2.55. The zero-order chi connectivity index (χ0) is 22.3. The molecule has 0 aliphatic carbocycles. The minimum absolute atomic E-state index is 0. The second kappa shape index (κ2) is 11.8. The van der Waals surface area contributed by atoms with Gasteiger partial charge >= 0.3 is 5.97 Å². The second-order valence-corrected chi connectivity index (χ2v) is 8.57. The van der Waals surface area contributed by atoms with Gasteiger partial charge in [-0.1, -0.05) is 54.6 Å². The first-order valence-corrected chi connectivity index (χ1v) is 11.3. The number of rotatable bonds is 7. The van der Waals surface area contributed by atoms with Gasteiger partial charge in [0.1, 0.15) is 11.4 Å². The van der Waals surface area contributed by atoms with Crippen molar-refractivity contribution in [3.63, 3.8) is 0 Å². The Morgan fingerprint density at radius 1 is 0.909 bits per heavy atom. The van der Waals surface area contributed by atoms with E-state index in [1.807, 2.05) is 13.8 Å². The lowest BCUT2D eigenvalue weighted by Gasteiger charge is -2.36. The van der Waals surface area contributed by atoms with Crippen LogP contribution in [0.15, 0.2) is 72.9 Å². The summed E-state index contributed by atoms with van der Waals surface area (Å²) in [4.78, 5) is 21.6. The zero-order valence-electron chi connectivity index (χ0n) is 19.3. The van der Waals surface area contributed by atoms with Crippen molar-refractivity contribution in [3.05, 3.63) is 95.2 Å². The molecule has 0 atom stereocenters. The fourth-order valence-electron chi connectivity index (χ4n) is 4.13. The highest BCUT2D eigenvalue weighted by atomic mass is 35.5. The Bertz CT molecular complexity index is 1030. The Kier molecular flexibility index (Phi) is 8.87.